The lowest BCUT2D eigenvalue weighted by molar-refractivity contribution is -0.123. The van der Waals surface area contributed by atoms with Crippen molar-refractivity contribution in [3.05, 3.63) is 29.8 Å². The Balaban J connectivity index is 2.40. The molecule has 1 aromatic carbocycles. The molecule has 80 valence electrons. The molecule has 1 amide bonds. The van der Waals surface area contributed by atoms with Crippen LogP contribution in [-0.2, 0) is 4.79 Å². The highest BCUT2D eigenvalue weighted by Crippen LogP contribution is 2.11. The number of aryl methyl sites for hydroxylation is 1. The molecule has 15 heavy (non-hydrogen) atoms. The largest absolute Gasteiger partial charge is 0.484 e. The van der Waals surface area contributed by atoms with Crippen LogP contribution >= 0.6 is 0 Å². The second kappa shape index (κ2) is 5.80. The highest BCUT2D eigenvalue weighted by Gasteiger charge is 2.00. The summed E-state index contributed by atoms with van der Waals surface area (Å²) in [6, 6.07) is 7.53. The molecule has 0 atom stereocenters. The monoisotopic (exact) mass is 206 g/mol. The number of hydrogen-bond acceptors (Lipinski definition) is 3. The molecule has 0 heterocycles. The van der Waals surface area contributed by atoms with Gasteiger partial charge in [-0.1, -0.05) is 12.1 Å². The zero-order valence-electron chi connectivity index (χ0n) is 8.86. The van der Waals surface area contributed by atoms with Gasteiger partial charge in [-0.05, 0) is 31.5 Å². The Morgan fingerprint density at radius 2 is 2.40 bits per heavy atom. The topological polar surface area (TPSA) is 50.7 Å². The number of carbonyl (C=O) groups excluding carboxylic acids is 1. The summed E-state index contributed by atoms with van der Waals surface area (Å²) in [5.41, 5.74) is 3.42. The van der Waals surface area contributed by atoms with Crippen molar-refractivity contribution in [2.75, 3.05) is 6.61 Å². The van der Waals surface area contributed by atoms with Gasteiger partial charge >= 0.3 is 0 Å². The van der Waals surface area contributed by atoms with Crippen molar-refractivity contribution < 1.29 is 9.53 Å². The summed E-state index contributed by atoms with van der Waals surface area (Å²) < 4.78 is 5.26. The number of hydrazone groups is 1. The summed E-state index contributed by atoms with van der Waals surface area (Å²) in [6.07, 6.45) is 1.50. The van der Waals surface area contributed by atoms with Crippen LogP contribution in [-0.4, -0.2) is 18.7 Å². The standard InChI is InChI=1S/C11H14N2O2/c1-3-12-13-11(14)8-15-10-6-4-5-9(2)7-10/h3-7H,8H2,1-2H3,(H,13,14)/b12-3+. The molecule has 0 saturated carbocycles. The first-order chi connectivity index (χ1) is 7.22. The van der Waals surface area contributed by atoms with E-state index in [0.29, 0.717) is 5.75 Å². The van der Waals surface area contributed by atoms with Gasteiger partial charge in [-0.25, -0.2) is 5.43 Å². The van der Waals surface area contributed by atoms with E-state index in [4.69, 9.17) is 4.74 Å². The minimum atomic E-state index is -0.269. The van der Waals surface area contributed by atoms with Crippen LogP contribution in [0.3, 0.4) is 0 Å². The van der Waals surface area contributed by atoms with Crippen LogP contribution in [0, 0.1) is 6.92 Å². The summed E-state index contributed by atoms with van der Waals surface area (Å²) in [7, 11) is 0. The molecule has 0 bridgehead atoms. The number of hydrogen-bond donors (Lipinski definition) is 1. The fourth-order valence-electron chi connectivity index (χ4n) is 1.02. The van der Waals surface area contributed by atoms with Crippen LogP contribution in [0.1, 0.15) is 12.5 Å². The zero-order valence-corrected chi connectivity index (χ0v) is 8.86. The van der Waals surface area contributed by atoms with Gasteiger partial charge in [0.1, 0.15) is 5.75 Å². The van der Waals surface area contributed by atoms with Crippen LogP contribution in [0.25, 0.3) is 0 Å². The molecular weight excluding hydrogens is 192 g/mol. The molecular formula is C11H14N2O2. The van der Waals surface area contributed by atoms with Crippen LogP contribution < -0.4 is 10.2 Å². The summed E-state index contributed by atoms with van der Waals surface area (Å²) in [5.74, 6) is 0.417. The van der Waals surface area contributed by atoms with Crippen LogP contribution in [0.5, 0.6) is 5.75 Å². The van der Waals surface area contributed by atoms with E-state index < -0.39 is 0 Å². The third kappa shape index (κ3) is 4.26. The van der Waals surface area contributed by atoms with E-state index >= 15 is 0 Å². The lowest BCUT2D eigenvalue weighted by Crippen LogP contribution is -2.24. The normalized spacial score (nSPS) is 10.3. The number of ether oxygens (including phenoxy) is 1. The first-order valence-corrected chi connectivity index (χ1v) is 4.68. The molecule has 4 heteroatoms. The minimum Gasteiger partial charge on any atom is -0.484 e. The van der Waals surface area contributed by atoms with Gasteiger partial charge in [0.2, 0.25) is 0 Å². The molecule has 0 aliphatic heterocycles. The van der Waals surface area contributed by atoms with Gasteiger partial charge < -0.3 is 4.74 Å². The summed E-state index contributed by atoms with van der Waals surface area (Å²) in [6.45, 7) is 3.66. The number of nitrogens with one attached hydrogen (secondary N) is 1. The quantitative estimate of drug-likeness (QED) is 0.599. The Bertz CT molecular complexity index is 361. The maximum Gasteiger partial charge on any atom is 0.277 e. The molecule has 1 aromatic rings. The Labute approximate surface area is 88.9 Å². The van der Waals surface area contributed by atoms with E-state index in [0.717, 1.165) is 5.56 Å². The minimum absolute atomic E-state index is 0.0270. The summed E-state index contributed by atoms with van der Waals surface area (Å²) >= 11 is 0. The molecule has 0 unspecified atom stereocenters. The molecule has 0 aliphatic rings. The molecule has 0 aliphatic carbocycles. The molecule has 0 fully saturated rings. The van der Waals surface area contributed by atoms with Gasteiger partial charge in [0.15, 0.2) is 6.61 Å². The zero-order chi connectivity index (χ0) is 11.1. The predicted molar refractivity (Wildman–Crippen MR) is 59.0 cm³/mol. The summed E-state index contributed by atoms with van der Waals surface area (Å²) in [5, 5.41) is 3.60. The van der Waals surface area contributed by atoms with Crippen molar-refractivity contribution in [2.45, 2.75) is 13.8 Å². The second-order valence-electron chi connectivity index (χ2n) is 3.03. The van der Waals surface area contributed by atoms with Crippen molar-refractivity contribution in [1.29, 1.82) is 0 Å². The third-order valence-corrected chi connectivity index (χ3v) is 1.68. The maximum absolute atomic E-state index is 11.1. The fraction of sp³-hybridized carbons (Fsp3) is 0.273. The van der Waals surface area contributed by atoms with Crippen LogP contribution in [0.4, 0.5) is 0 Å². The molecule has 1 rings (SSSR count). The van der Waals surface area contributed by atoms with E-state index in [1.54, 1.807) is 6.92 Å². The molecule has 4 nitrogen and oxygen atoms in total. The van der Waals surface area contributed by atoms with E-state index in [1.165, 1.54) is 6.21 Å². The van der Waals surface area contributed by atoms with E-state index in [2.05, 4.69) is 10.5 Å². The van der Waals surface area contributed by atoms with Crippen molar-refractivity contribution >= 4 is 12.1 Å². The van der Waals surface area contributed by atoms with Gasteiger partial charge in [0.25, 0.3) is 5.91 Å². The Kier molecular flexibility index (Phi) is 4.34. The van der Waals surface area contributed by atoms with Gasteiger partial charge in [-0.3, -0.25) is 4.79 Å². The van der Waals surface area contributed by atoms with Crippen molar-refractivity contribution in [1.82, 2.24) is 5.43 Å². The first-order valence-electron chi connectivity index (χ1n) is 4.68. The highest BCUT2D eigenvalue weighted by atomic mass is 16.5. The van der Waals surface area contributed by atoms with Crippen LogP contribution in [0.2, 0.25) is 0 Å². The van der Waals surface area contributed by atoms with Crippen molar-refractivity contribution in [2.24, 2.45) is 5.10 Å². The molecule has 0 spiro atoms. The van der Waals surface area contributed by atoms with E-state index in [-0.39, 0.29) is 12.5 Å². The lowest BCUT2D eigenvalue weighted by atomic mass is 10.2. The average Bonchev–Trinajstić information content (AvgIpc) is 2.23. The van der Waals surface area contributed by atoms with Crippen molar-refractivity contribution in [3.63, 3.8) is 0 Å². The van der Waals surface area contributed by atoms with Gasteiger partial charge in [0.05, 0.1) is 0 Å². The SMILES string of the molecule is C/C=N/NC(=O)COc1cccc(C)c1. The molecule has 1 N–H and O–H groups in total. The number of benzene rings is 1. The molecule has 0 radical (unpaired) electrons. The number of rotatable bonds is 4. The second-order valence-corrected chi connectivity index (χ2v) is 3.03. The number of nitrogens with zero attached hydrogens (tertiary/aromatic N) is 1. The predicted octanol–water partition coefficient (Wildman–Crippen LogP) is 1.50. The first kappa shape index (κ1) is 11.2. The van der Waals surface area contributed by atoms with Crippen LogP contribution in [0.15, 0.2) is 29.4 Å². The highest BCUT2D eigenvalue weighted by molar-refractivity contribution is 5.78. The van der Waals surface area contributed by atoms with Gasteiger partial charge in [0, 0.05) is 6.21 Å². The average molecular weight is 206 g/mol. The fourth-order valence-corrected chi connectivity index (χ4v) is 1.02. The Morgan fingerprint density at radius 1 is 1.60 bits per heavy atom. The van der Waals surface area contributed by atoms with Gasteiger partial charge in [-0.2, -0.15) is 5.10 Å². The van der Waals surface area contributed by atoms with Crippen molar-refractivity contribution in [3.8, 4) is 5.75 Å². The van der Waals surface area contributed by atoms with E-state index in [1.807, 2.05) is 31.2 Å². The Morgan fingerprint density at radius 3 is 3.07 bits per heavy atom. The number of amides is 1. The lowest BCUT2D eigenvalue weighted by Gasteiger charge is -2.05. The third-order valence-electron chi connectivity index (χ3n) is 1.68. The number of carbonyl (C=O) groups is 1. The molecule has 0 aromatic heterocycles. The molecule has 0 saturated heterocycles. The summed E-state index contributed by atoms with van der Waals surface area (Å²) in [4.78, 5) is 11.1. The van der Waals surface area contributed by atoms with Gasteiger partial charge in [-0.15, -0.1) is 0 Å². The smallest absolute Gasteiger partial charge is 0.277 e. The Hall–Kier alpha value is -1.84. The van der Waals surface area contributed by atoms with E-state index in [9.17, 15) is 4.79 Å². The maximum atomic E-state index is 11.1.